The maximum Gasteiger partial charge on any atom is 0.275 e. The molecule has 122 valence electrons. The van der Waals surface area contributed by atoms with Crippen LogP contribution in [0.5, 0.6) is 0 Å². The molecule has 0 aliphatic heterocycles. The van der Waals surface area contributed by atoms with Crippen LogP contribution >= 0.6 is 11.3 Å². The van der Waals surface area contributed by atoms with Crippen LogP contribution in [0.15, 0.2) is 60.0 Å². The van der Waals surface area contributed by atoms with Crippen LogP contribution < -0.4 is 5.32 Å². The molecule has 0 aliphatic rings. The van der Waals surface area contributed by atoms with Gasteiger partial charge in [-0.2, -0.15) is 0 Å². The molecule has 2 N–H and O–H groups in total. The summed E-state index contributed by atoms with van der Waals surface area (Å²) in [6.45, 7) is 0. The summed E-state index contributed by atoms with van der Waals surface area (Å²) in [6, 6.07) is 15.1. The Morgan fingerprint density at radius 2 is 1.88 bits per heavy atom. The highest BCUT2D eigenvalue weighted by molar-refractivity contribution is 7.09. The zero-order valence-corrected chi connectivity index (χ0v) is 13.5. The molecule has 1 atom stereocenters. The first-order valence-electron chi connectivity index (χ1n) is 7.36. The number of nitrogens with one attached hydrogen (secondary N) is 1. The normalized spacial score (nSPS) is 11.9. The topological polar surface area (TPSA) is 62.2 Å². The lowest BCUT2D eigenvalue weighted by molar-refractivity contribution is 0.102. The van der Waals surface area contributed by atoms with E-state index < -0.39 is 12.0 Å². The molecule has 0 radical (unpaired) electrons. The minimum Gasteiger partial charge on any atom is -0.386 e. The van der Waals surface area contributed by atoms with Gasteiger partial charge in [0.1, 0.15) is 22.6 Å². The molecule has 1 aromatic heterocycles. The third kappa shape index (κ3) is 4.04. The van der Waals surface area contributed by atoms with Crippen molar-refractivity contribution in [1.82, 2.24) is 4.98 Å². The summed E-state index contributed by atoms with van der Waals surface area (Å²) in [5, 5.41) is 15.0. The predicted molar refractivity (Wildman–Crippen MR) is 91.6 cm³/mol. The number of anilines is 1. The Morgan fingerprint density at radius 3 is 2.58 bits per heavy atom. The van der Waals surface area contributed by atoms with Crippen LogP contribution in [0.2, 0.25) is 0 Å². The number of aliphatic hydroxyl groups is 1. The molecule has 3 rings (SSSR count). The Hall–Kier alpha value is -2.57. The number of hydrogen-bond acceptors (Lipinski definition) is 4. The van der Waals surface area contributed by atoms with Crippen molar-refractivity contribution in [2.24, 2.45) is 0 Å². The minimum absolute atomic E-state index is 0.228. The first-order chi connectivity index (χ1) is 11.6. The van der Waals surface area contributed by atoms with E-state index >= 15 is 0 Å². The summed E-state index contributed by atoms with van der Waals surface area (Å²) >= 11 is 1.24. The number of hydrogen-bond donors (Lipinski definition) is 2. The number of aliphatic hydroxyl groups excluding tert-OH is 1. The summed E-state index contributed by atoms with van der Waals surface area (Å²) in [4.78, 5) is 16.4. The largest absolute Gasteiger partial charge is 0.386 e. The number of rotatable bonds is 5. The van der Waals surface area contributed by atoms with Crippen LogP contribution in [-0.4, -0.2) is 16.0 Å². The fourth-order valence-corrected chi connectivity index (χ4v) is 2.98. The van der Waals surface area contributed by atoms with E-state index in [0.717, 1.165) is 5.56 Å². The second kappa shape index (κ2) is 7.33. The van der Waals surface area contributed by atoms with E-state index in [1.165, 1.54) is 35.6 Å². The van der Waals surface area contributed by atoms with Crippen molar-refractivity contribution in [2.75, 3.05) is 5.32 Å². The van der Waals surface area contributed by atoms with Crippen molar-refractivity contribution >= 4 is 22.9 Å². The first kappa shape index (κ1) is 16.3. The smallest absolute Gasteiger partial charge is 0.275 e. The number of nitrogens with zero attached hydrogens (tertiary/aromatic N) is 1. The van der Waals surface area contributed by atoms with Crippen LogP contribution in [0, 0.1) is 5.82 Å². The van der Waals surface area contributed by atoms with Gasteiger partial charge < -0.3 is 10.4 Å². The Labute approximate surface area is 142 Å². The van der Waals surface area contributed by atoms with Gasteiger partial charge in [-0.25, -0.2) is 9.37 Å². The Balaban J connectivity index is 1.66. The van der Waals surface area contributed by atoms with E-state index in [0.29, 0.717) is 17.1 Å². The monoisotopic (exact) mass is 342 g/mol. The van der Waals surface area contributed by atoms with Crippen molar-refractivity contribution in [3.63, 3.8) is 0 Å². The average Bonchev–Trinajstić information content (AvgIpc) is 3.08. The zero-order chi connectivity index (χ0) is 16.9. The lowest BCUT2D eigenvalue weighted by atomic mass is 10.1. The molecule has 2 aromatic carbocycles. The molecule has 0 aliphatic carbocycles. The summed E-state index contributed by atoms with van der Waals surface area (Å²) in [5.74, 6) is -0.760. The van der Waals surface area contributed by atoms with Crippen LogP contribution in [0.25, 0.3) is 0 Å². The molecular weight excluding hydrogens is 327 g/mol. The molecule has 0 bridgehead atoms. The summed E-state index contributed by atoms with van der Waals surface area (Å²) in [6.07, 6.45) is -0.322. The Kier molecular flexibility index (Phi) is 4.98. The molecule has 0 spiro atoms. The molecule has 0 saturated carbocycles. The molecule has 0 fully saturated rings. The second-order valence-corrected chi connectivity index (χ2v) is 6.13. The van der Waals surface area contributed by atoms with Crippen LogP contribution in [0.3, 0.4) is 0 Å². The summed E-state index contributed by atoms with van der Waals surface area (Å²) < 4.78 is 12.9. The zero-order valence-electron chi connectivity index (χ0n) is 12.6. The first-order valence-corrected chi connectivity index (χ1v) is 8.24. The van der Waals surface area contributed by atoms with Crippen LogP contribution in [-0.2, 0) is 6.42 Å². The molecule has 1 amide bonds. The minimum atomic E-state index is -0.759. The molecule has 1 heterocycles. The number of aromatic nitrogens is 1. The molecule has 6 heteroatoms. The quantitative estimate of drug-likeness (QED) is 0.741. The summed E-state index contributed by atoms with van der Waals surface area (Å²) in [5.41, 5.74) is 1.71. The van der Waals surface area contributed by atoms with Crippen molar-refractivity contribution < 1.29 is 14.3 Å². The lowest BCUT2D eigenvalue weighted by Gasteiger charge is -2.07. The molecular formula is C18H15FN2O2S. The van der Waals surface area contributed by atoms with Gasteiger partial charge in [0.2, 0.25) is 0 Å². The SMILES string of the molecule is O=C(Nc1ccc(F)cc1)c1csc(C(O)Cc2ccccc2)n1. The van der Waals surface area contributed by atoms with Crippen LogP contribution in [0.4, 0.5) is 10.1 Å². The van der Waals surface area contributed by atoms with Crippen molar-refractivity contribution in [3.05, 3.63) is 82.1 Å². The highest BCUT2D eigenvalue weighted by atomic mass is 32.1. The molecule has 0 saturated heterocycles. The van der Waals surface area contributed by atoms with Gasteiger partial charge in [0.25, 0.3) is 5.91 Å². The molecule has 1 unspecified atom stereocenters. The number of amides is 1. The number of carbonyl (C=O) groups excluding carboxylic acids is 1. The fourth-order valence-electron chi connectivity index (χ4n) is 2.20. The Morgan fingerprint density at radius 1 is 1.17 bits per heavy atom. The van der Waals surface area contributed by atoms with E-state index in [4.69, 9.17) is 0 Å². The predicted octanol–water partition coefficient (Wildman–Crippen LogP) is 3.81. The van der Waals surface area contributed by atoms with Crippen molar-refractivity contribution in [3.8, 4) is 0 Å². The second-order valence-electron chi connectivity index (χ2n) is 5.24. The highest BCUT2D eigenvalue weighted by Gasteiger charge is 2.16. The van der Waals surface area contributed by atoms with Gasteiger partial charge in [-0.15, -0.1) is 11.3 Å². The maximum atomic E-state index is 12.9. The van der Waals surface area contributed by atoms with Gasteiger partial charge in [-0.3, -0.25) is 4.79 Å². The van der Waals surface area contributed by atoms with Gasteiger partial charge in [0, 0.05) is 17.5 Å². The lowest BCUT2D eigenvalue weighted by Crippen LogP contribution is -2.13. The number of benzene rings is 2. The third-order valence-electron chi connectivity index (χ3n) is 3.41. The van der Waals surface area contributed by atoms with E-state index in [1.54, 1.807) is 5.38 Å². The maximum absolute atomic E-state index is 12.9. The van der Waals surface area contributed by atoms with Crippen molar-refractivity contribution in [2.45, 2.75) is 12.5 Å². The standard InChI is InChI=1S/C18H15FN2O2S/c19-13-6-8-14(9-7-13)20-17(23)15-11-24-18(21-15)16(22)10-12-4-2-1-3-5-12/h1-9,11,16,22H,10H2,(H,20,23). The highest BCUT2D eigenvalue weighted by Crippen LogP contribution is 2.22. The van der Waals surface area contributed by atoms with Crippen LogP contribution in [0.1, 0.15) is 27.2 Å². The van der Waals surface area contributed by atoms with E-state index in [-0.39, 0.29) is 11.5 Å². The molecule has 24 heavy (non-hydrogen) atoms. The molecule has 4 nitrogen and oxygen atoms in total. The van der Waals surface area contributed by atoms with E-state index in [1.807, 2.05) is 30.3 Å². The third-order valence-corrected chi connectivity index (χ3v) is 4.36. The van der Waals surface area contributed by atoms with Gasteiger partial charge >= 0.3 is 0 Å². The van der Waals surface area contributed by atoms with Gasteiger partial charge in [-0.05, 0) is 29.8 Å². The van der Waals surface area contributed by atoms with Gasteiger partial charge in [-0.1, -0.05) is 30.3 Å². The van der Waals surface area contributed by atoms with Gasteiger partial charge in [0.15, 0.2) is 0 Å². The number of thiazole rings is 1. The van der Waals surface area contributed by atoms with E-state index in [2.05, 4.69) is 10.3 Å². The fraction of sp³-hybridized carbons (Fsp3) is 0.111. The Bertz CT molecular complexity index is 819. The summed E-state index contributed by atoms with van der Waals surface area (Å²) in [7, 11) is 0. The average molecular weight is 342 g/mol. The van der Waals surface area contributed by atoms with Gasteiger partial charge in [0.05, 0.1) is 0 Å². The van der Waals surface area contributed by atoms with Crippen molar-refractivity contribution in [1.29, 1.82) is 0 Å². The van der Waals surface area contributed by atoms with E-state index in [9.17, 15) is 14.3 Å². The number of carbonyl (C=O) groups is 1. The number of halogens is 1. The molecule has 3 aromatic rings.